The Morgan fingerprint density at radius 2 is 1.28 bits per heavy atom. The van der Waals surface area contributed by atoms with Crippen LogP contribution in [0.4, 0.5) is 14.5 Å². The summed E-state index contributed by atoms with van der Waals surface area (Å²) >= 11 is 0. The number of nitrogens with zero attached hydrogens (tertiary/aromatic N) is 1. The number of rotatable bonds is 11. The first-order chi connectivity index (χ1) is 23.9. The van der Waals surface area contributed by atoms with Gasteiger partial charge < -0.3 is 35.2 Å². The number of aliphatic hydroxyl groups is 5. The van der Waals surface area contributed by atoms with Crippen LogP contribution in [0.2, 0.25) is 0 Å². The second kappa shape index (κ2) is 14.6. The smallest absolute Gasteiger partial charge is 0.233 e. The summed E-state index contributed by atoms with van der Waals surface area (Å²) in [6.45, 7) is -0.669. The molecule has 0 bridgehead atoms. The molecule has 4 aromatic rings. The molecule has 0 aliphatic carbocycles. The van der Waals surface area contributed by atoms with Crippen LogP contribution < -0.4 is 4.90 Å². The van der Waals surface area contributed by atoms with E-state index < -0.39 is 82.4 Å². The molecule has 1 amide bonds. The number of β-lactam (4-membered cyclic amide) rings is 1. The first-order valence-electron chi connectivity index (χ1n) is 16.1. The van der Waals surface area contributed by atoms with Gasteiger partial charge in [0.25, 0.3) is 0 Å². The molecule has 2 aliphatic heterocycles. The quantitative estimate of drug-likeness (QED) is 0.147. The van der Waals surface area contributed by atoms with Crippen LogP contribution in [-0.2, 0) is 19.4 Å². The molecule has 50 heavy (non-hydrogen) atoms. The van der Waals surface area contributed by atoms with Crippen molar-refractivity contribution >= 4 is 21.4 Å². The lowest BCUT2D eigenvalue weighted by Crippen LogP contribution is -2.60. The molecule has 5 N–H and O–H groups in total. The number of anilines is 1. The average Bonchev–Trinajstić information content (AvgIpc) is 3.12. The summed E-state index contributed by atoms with van der Waals surface area (Å²) in [5.41, 5.74) is 3.33. The highest BCUT2D eigenvalue weighted by Crippen LogP contribution is 2.46. The van der Waals surface area contributed by atoms with E-state index in [1.165, 1.54) is 60.7 Å². The minimum atomic E-state index is -4.01. The van der Waals surface area contributed by atoms with Crippen LogP contribution >= 0.6 is 0 Å². The second-order valence-corrected chi connectivity index (χ2v) is 14.7. The van der Waals surface area contributed by atoms with Crippen molar-refractivity contribution in [2.24, 2.45) is 5.92 Å². The third-order valence-corrected chi connectivity index (χ3v) is 11.3. The highest BCUT2D eigenvalue weighted by Gasteiger charge is 2.48. The molecule has 2 heterocycles. The van der Waals surface area contributed by atoms with Gasteiger partial charge in [-0.1, -0.05) is 48.5 Å². The number of halogens is 2. The summed E-state index contributed by atoms with van der Waals surface area (Å²) in [7, 11) is -4.01. The van der Waals surface area contributed by atoms with Gasteiger partial charge in [-0.05, 0) is 83.6 Å². The summed E-state index contributed by atoms with van der Waals surface area (Å²) in [6, 6.07) is 24.2. The Balaban J connectivity index is 1.18. The zero-order valence-electron chi connectivity index (χ0n) is 26.7. The Kier molecular flexibility index (Phi) is 10.5. The van der Waals surface area contributed by atoms with Crippen LogP contribution in [0.15, 0.2) is 102 Å². The Labute approximate surface area is 287 Å². The number of aliphatic hydroxyl groups excluding tert-OH is 5. The van der Waals surface area contributed by atoms with Crippen LogP contribution in [0.3, 0.4) is 0 Å². The summed E-state index contributed by atoms with van der Waals surface area (Å²) < 4.78 is 58.8. The summed E-state index contributed by atoms with van der Waals surface area (Å²) in [6.07, 6.45) is -7.83. The standard InChI is InChI=1S/C37H37F2NO9S/c38-25-9-5-23(6-10-25)30(42)18-17-29-33(40(37(29)46)27-13-11-26(39)12-14-27)24-3-1-21(2-4-24)22-7-15-28(16-8-22)50(47,48)20-32-35(44)36(45)34(43)31(19-41)49-32/h1-16,29-36,41-45H,17-20H2. The van der Waals surface area contributed by atoms with E-state index in [2.05, 4.69) is 0 Å². The van der Waals surface area contributed by atoms with E-state index in [0.29, 0.717) is 23.2 Å². The molecule has 10 nitrogen and oxygen atoms in total. The molecule has 4 aromatic carbocycles. The third kappa shape index (κ3) is 7.21. The van der Waals surface area contributed by atoms with Gasteiger partial charge in [0.15, 0.2) is 9.84 Å². The van der Waals surface area contributed by atoms with E-state index in [4.69, 9.17) is 4.74 Å². The molecule has 264 valence electrons. The summed E-state index contributed by atoms with van der Waals surface area (Å²) in [5, 5.41) is 50.5. The number of ether oxygens (including phenoxy) is 1. The molecule has 0 saturated carbocycles. The third-order valence-electron chi connectivity index (χ3n) is 9.50. The van der Waals surface area contributed by atoms with E-state index in [-0.39, 0.29) is 17.2 Å². The molecule has 8 atom stereocenters. The Morgan fingerprint density at radius 3 is 1.86 bits per heavy atom. The lowest BCUT2D eigenvalue weighted by Gasteiger charge is -2.48. The van der Waals surface area contributed by atoms with Crippen molar-refractivity contribution in [2.75, 3.05) is 17.3 Å². The predicted octanol–water partition coefficient (Wildman–Crippen LogP) is 3.47. The van der Waals surface area contributed by atoms with Crippen molar-refractivity contribution < 1.29 is 52.3 Å². The average molecular weight is 710 g/mol. The van der Waals surface area contributed by atoms with Crippen LogP contribution in [0.1, 0.15) is 36.1 Å². The molecule has 0 aromatic heterocycles. The van der Waals surface area contributed by atoms with Crippen LogP contribution in [0, 0.1) is 17.6 Å². The fourth-order valence-corrected chi connectivity index (χ4v) is 8.10. The zero-order valence-corrected chi connectivity index (χ0v) is 27.5. The molecule has 2 aliphatic rings. The molecule has 0 radical (unpaired) electrons. The summed E-state index contributed by atoms with van der Waals surface area (Å²) in [5.74, 6) is -2.18. The van der Waals surface area contributed by atoms with Crippen LogP contribution in [-0.4, -0.2) is 82.7 Å². The number of sulfone groups is 1. The van der Waals surface area contributed by atoms with Crippen molar-refractivity contribution in [3.63, 3.8) is 0 Å². The molecule has 8 unspecified atom stereocenters. The minimum absolute atomic E-state index is 0.0524. The molecular weight excluding hydrogens is 672 g/mol. The van der Waals surface area contributed by atoms with Crippen molar-refractivity contribution in [1.82, 2.24) is 0 Å². The lowest BCUT2D eigenvalue weighted by atomic mass is 9.78. The number of carbonyl (C=O) groups is 1. The van der Waals surface area contributed by atoms with Gasteiger partial charge in [-0.3, -0.25) is 4.79 Å². The number of hydrogen-bond donors (Lipinski definition) is 5. The number of benzene rings is 4. The van der Waals surface area contributed by atoms with Gasteiger partial charge in [-0.2, -0.15) is 0 Å². The lowest BCUT2D eigenvalue weighted by molar-refractivity contribution is -0.223. The maximum atomic E-state index is 13.7. The SMILES string of the molecule is O=C1C(CCC(O)c2ccc(F)cc2)C(c2ccc(-c3ccc(S(=O)(=O)CC4OC(CO)C(O)C(O)C4O)cc3)cc2)N1c1ccc(F)cc1. The second-order valence-electron chi connectivity index (χ2n) is 12.7. The highest BCUT2D eigenvalue weighted by atomic mass is 32.2. The van der Waals surface area contributed by atoms with Crippen LogP contribution in [0.25, 0.3) is 11.1 Å². The Bertz CT molecular complexity index is 1890. The highest BCUT2D eigenvalue weighted by molar-refractivity contribution is 7.91. The number of carbonyl (C=O) groups excluding carboxylic acids is 1. The van der Waals surface area contributed by atoms with Gasteiger partial charge in [0, 0.05) is 5.69 Å². The zero-order chi connectivity index (χ0) is 35.7. The van der Waals surface area contributed by atoms with Gasteiger partial charge in [-0.15, -0.1) is 0 Å². The van der Waals surface area contributed by atoms with E-state index in [1.807, 2.05) is 24.3 Å². The van der Waals surface area contributed by atoms with E-state index in [9.17, 15) is 47.5 Å². The van der Waals surface area contributed by atoms with E-state index in [0.717, 1.165) is 11.1 Å². The molecule has 13 heteroatoms. The monoisotopic (exact) mass is 709 g/mol. The predicted molar refractivity (Wildman–Crippen MR) is 178 cm³/mol. The molecule has 2 fully saturated rings. The van der Waals surface area contributed by atoms with E-state index >= 15 is 0 Å². The molecule has 6 rings (SSSR count). The maximum Gasteiger partial charge on any atom is 0.233 e. The molecule has 0 spiro atoms. The largest absolute Gasteiger partial charge is 0.394 e. The van der Waals surface area contributed by atoms with Gasteiger partial charge in [-0.25, -0.2) is 17.2 Å². The maximum absolute atomic E-state index is 13.7. The van der Waals surface area contributed by atoms with Crippen molar-refractivity contribution in [2.45, 2.75) is 60.4 Å². The fourth-order valence-electron chi connectivity index (χ4n) is 6.65. The number of amides is 1. The van der Waals surface area contributed by atoms with Gasteiger partial charge in [0.05, 0.1) is 35.3 Å². The normalized spacial score (nSPS) is 26.0. The number of hydrogen-bond acceptors (Lipinski definition) is 9. The van der Waals surface area contributed by atoms with Crippen LogP contribution in [0.5, 0.6) is 0 Å². The minimum Gasteiger partial charge on any atom is -0.394 e. The van der Waals surface area contributed by atoms with Crippen molar-refractivity contribution in [3.05, 3.63) is 120 Å². The molecule has 2 saturated heterocycles. The Morgan fingerprint density at radius 1 is 0.740 bits per heavy atom. The summed E-state index contributed by atoms with van der Waals surface area (Å²) in [4.78, 5) is 15.0. The van der Waals surface area contributed by atoms with Crippen molar-refractivity contribution in [1.29, 1.82) is 0 Å². The Hall–Kier alpha value is -4.08. The first kappa shape index (κ1) is 35.7. The van der Waals surface area contributed by atoms with Gasteiger partial charge >= 0.3 is 0 Å². The van der Waals surface area contributed by atoms with Gasteiger partial charge in [0.1, 0.15) is 42.2 Å². The fraction of sp³-hybridized carbons (Fsp3) is 0.324. The van der Waals surface area contributed by atoms with E-state index in [1.54, 1.807) is 17.0 Å². The van der Waals surface area contributed by atoms with Gasteiger partial charge in [0.2, 0.25) is 5.91 Å². The first-order valence-corrected chi connectivity index (χ1v) is 17.8. The molecular formula is C37H37F2NO9S. The van der Waals surface area contributed by atoms with Crippen molar-refractivity contribution in [3.8, 4) is 11.1 Å². The topological polar surface area (TPSA) is 165 Å².